The summed E-state index contributed by atoms with van der Waals surface area (Å²) in [5.74, 6) is 0.786. The van der Waals surface area contributed by atoms with Crippen LogP contribution in [0.3, 0.4) is 0 Å². The zero-order valence-electron chi connectivity index (χ0n) is 12.2. The lowest BCUT2D eigenvalue weighted by molar-refractivity contribution is 0.116. The van der Waals surface area contributed by atoms with Crippen molar-refractivity contribution in [3.8, 4) is 0 Å². The topological polar surface area (TPSA) is 30.8 Å². The Balaban J connectivity index is 2.10. The maximum Gasteiger partial charge on any atom is 0.233 e. The fourth-order valence-electron chi connectivity index (χ4n) is 2.94. The number of rotatable bonds is 3. The molecule has 4 heteroatoms. The summed E-state index contributed by atoms with van der Waals surface area (Å²) in [6.45, 7) is 2.10. The van der Waals surface area contributed by atoms with Gasteiger partial charge in [-0.25, -0.2) is 0 Å². The highest BCUT2D eigenvalue weighted by molar-refractivity contribution is 9.09. The second-order valence-corrected chi connectivity index (χ2v) is 6.18. The normalized spacial score (nSPS) is 27.0. The molecule has 0 bridgehead atoms. The number of hydrogen-bond donors (Lipinski definition) is 0. The Labute approximate surface area is 133 Å². The van der Waals surface area contributed by atoms with Gasteiger partial charge in [-0.2, -0.15) is 0 Å². The van der Waals surface area contributed by atoms with Crippen molar-refractivity contribution in [2.24, 2.45) is 5.16 Å². The Hall–Kier alpha value is -1.55. The quantitative estimate of drug-likeness (QED) is 0.606. The zero-order valence-corrected chi connectivity index (χ0v) is 13.8. The average Bonchev–Trinajstić information content (AvgIpc) is 2.85. The first-order chi connectivity index (χ1) is 10.2. The molecule has 0 saturated carbocycles. The number of benzene rings is 2. The number of oxime groups is 1. The maximum absolute atomic E-state index is 6.03. The average molecular weight is 348 g/mol. The van der Waals surface area contributed by atoms with Gasteiger partial charge < -0.3 is 9.57 Å². The highest BCUT2D eigenvalue weighted by Gasteiger charge is 2.42. The second kappa shape index (κ2) is 5.68. The van der Waals surface area contributed by atoms with Gasteiger partial charge in [0.05, 0.1) is 5.92 Å². The molecule has 0 amide bonds. The van der Waals surface area contributed by atoms with Gasteiger partial charge in [-0.05, 0) is 23.3 Å². The molecular weight excluding hydrogens is 330 g/mol. The van der Waals surface area contributed by atoms with Crippen LogP contribution in [-0.2, 0) is 9.57 Å². The molecule has 2 unspecified atom stereocenters. The molecule has 3 nitrogen and oxygen atoms in total. The molecule has 0 spiro atoms. The standard InChI is InChI=1S/C17H18BrNO2/c1-17(11-18)10-15(16(21-17)19-20-2)14-9-5-7-12-6-3-4-8-13(12)14/h3-9,15H,10-11H2,1-2H3/b19-16-. The van der Waals surface area contributed by atoms with E-state index in [1.165, 1.54) is 16.3 Å². The molecule has 110 valence electrons. The first kappa shape index (κ1) is 14.4. The van der Waals surface area contributed by atoms with Gasteiger partial charge in [0.2, 0.25) is 5.90 Å². The molecule has 2 atom stereocenters. The molecule has 0 aromatic heterocycles. The number of halogens is 1. The molecule has 1 heterocycles. The van der Waals surface area contributed by atoms with E-state index < -0.39 is 0 Å². The first-order valence-corrected chi connectivity index (χ1v) is 8.13. The fraction of sp³-hybridized carbons (Fsp3) is 0.353. The van der Waals surface area contributed by atoms with Gasteiger partial charge in [0.15, 0.2) is 0 Å². The van der Waals surface area contributed by atoms with E-state index in [9.17, 15) is 0 Å². The van der Waals surface area contributed by atoms with Crippen molar-refractivity contribution in [1.29, 1.82) is 0 Å². The minimum atomic E-state index is -0.251. The van der Waals surface area contributed by atoms with Gasteiger partial charge in [0.1, 0.15) is 12.7 Å². The number of ether oxygens (including phenoxy) is 1. The summed E-state index contributed by atoms with van der Waals surface area (Å²) in [6.07, 6.45) is 0.883. The Kier molecular flexibility index (Phi) is 3.89. The maximum atomic E-state index is 6.03. The molecule has 1 fully saturated rings. The SMILES string of the molecule is CO/N=C1\OC(C)(CBr)CC1c1cccc2ccccc12. The highest BCUT2D eigenvalue weighted by atomic mass is 79.9. The largest absolute Gasteiger partial charge is 0.471 e. The lowest BCUT2D eigenvalue weighted by Crippen LogP contribution is -2.25. The summed E-state index contributed by atoms with van der Waals surface area (Å²) < 4.78 is 6.03. The molecule has 1 saturated heterocycles. The minimum Gasteiger partial charge on any atom is -0.471 e. The first-order valence-electron chi connectivity index (χ1n) is 7.00. The van der Waals surface area contributed by atoms with Crippen molar-refractivity contribution in [1.82, 2.24) is 0 Å². The third kappa shape index (κ3) is 2.64. The predicted molar refractivity (Wildman–Crippen MR) is 89.0 cm³/mol. The zero-order chi connectivity index (χ0) is 14.9. The molecule has 1 aliphatic rings. The smallest absolute Gasteiger partial charge is 0.233 e. The van der Waals surface area contributed by atoms with Crippen molar-refractivity contribution in [3.05, 3.63) is 48.0 Å². The van der Waals surface area contributed by atoms with Crippen LogP contribution in [0.15, 0.2) is 47.6 Å². The lowest BCUT2D eigenvalue weighted by Gasteiger charge is -2.19. The number of fused-ring (bicyclic) bond motifs is 1. The molecule has 0 N–H and O–H groups in total. The Morgan fingerprint density at radius 1 is 1.29 bits per heavy atom. The van der Waals surface area contributed by atoms with Crippen LogP contribution in [0.1, 0.15) is 24.8 Å². The summed E-state index contributed by atoms with van der Waals surface area (Å²) in [6, 6.07) is 14.8. The van der Waals surface area contributed by atoms with E-state index in [-0.39, 0.29) is 11.5 Å². The van der Waals surface area contributed by atoms with E-state index >= 15 is 0 Å². The van der Waals surface area contributed by atoms with Crippen LogP contribution < -0.4 is 0 Å². The lowest BCUT2D eigenvalue weighted by atomic mass is 9.88. The third-order valence-electron chi connectivity index (χ3n) is 3.95. The van der Waals surface area contributed by atoms with Crippen LogP contribution in [0.25, 0.3) is 10.8 Å². The van der Waals surface area contributed by atoms with Gasteiger partial charge in [-0.15, -0.1) is 0 Å². The van der Waals surface area contributed by atoms with E-state index in [1.54, 1.807) is 7.11 Å². The van der Waals surface area contributed by atoms with Crippen molar-refractivity contribution in [2.75, 3.05) is 12.4 Å². The van der Waals surface area contributed by atoms with Crippen LogP contribution in [-0.4, -0.2) is 23.9 Å². The molecule has 1 aliphatic heterocycles. The molecule has 0 radical (unpaired) electrons. The monoisotopic (exact) mass is 347 g/mol. The van der Waals surface area contributed by atoms with Gasteiger partial charge in [0.25, 0.3) is 0 Å². The van der Waals surface area contributed by atoms with Gasteiger partial charge in [0, 0.05) is 11.8 Å². The molecule has 3 rings (SSSR count). The highest BCUT2D eigenvalue weighted by Crippen LogP contribution is 2.41. The second-order valence-electron chi connectivity index (χ2n) is 5.62. The minimum absolute atomic E-state index is 0.124. The summed E-state index contributed by atoms with van der Waals surface area (Å²) in [5.41, 5.74) is 0.993. The van der Waals surface area contributed by atoms with E-state index in [1.807, 2.05) is 0 Å². The third-order valence-corrected chi connectivity index (χ3v) is 5.13. The summed E-state index contributed by atoms with van der Waals surface area (Å²) in [7, 11) is 1.56. The molecule has 21 heavy (non-hydrogen) atoms. The number of hydrogen-bond acceptors (Lipinski definition) is 3. The number of nitrogens with zero attached hydrogens (tertiary/aromatic N) is 1. The van der Waals surface area contributed by atoms with Crippen molar-refractivity contribution >= 4 is 32.6 Å². The van der Waals surface area contributed by atoms with Gasteiger partial charge >= 0.3 is 0 Å². The van der Waals surface area contributed by atoms with Crippen molar-refractivity contribution in [3.63, 3.8) is 0 Å². The summed E-state index contributed by atoms with van der Waals surface area (Å²) in [5, 5.41) is 7.35. The molecule has 0 aliphatic carbocycles. The Morgan fingerprint density at radius 2 is 2.05 bits per heavy atom. The summed E-state index contributed by atoms with van der Waals surface area (Å²) in [4.78, 5) is 4.98. The van der Waals surface area contributed by atoms with Crippen molar-refractivity contribution in [2.45, 2.75) is 24.9 Å². The van der Waals surface area contributed by atoms with Crippen LogP contribution in [0.4, 0.5) is 0 Å². The van der Waals surface area contributed by atoms with E-state index in [2.05, 4.69) is 70.5 Å². The van der Waals surface area contributed by atoms with Gasteiger partial charge in [-0.1, -0.05) is 63.6 Å². The van der Waals surface area contributed by atoms with Crippen molar-refractivity contribution < 1.29 is 9.57 Å². The van der Waals surface area contributed by atoms with Crippen LogP contribution in [0.2, 0.25) is 0 Å². The van der Waals surface area contributed by atoms with Crippen LogP contribution in [0, 0.1) is 0 Å². The number of alkyl halides is 1. The predicted octanol–water partition coefficient (Wildman–Crippen LogP) is 4.46. The van der Waals surface area contributed by atoms with E-state index in [0.717, 1.165) is 11.8 Å². The van der Waals surface area contributed by atoms with Crippen LogP contribution >= 0.6 is 15.9 Å². The van der Waals surface area contributed by atoms with E-state index in [0.29, 0.717) is 5.90 Å². The molecule has 2 aromatic rings. The Bertz CT molecular complexity index is 680. The fourth-order valence-corrected chi connectivity index (χ4v) is 3.28. The summed E-state index contributed by atoms with van der Waals surface area (Å²) >= 11 is 3.54. The Morgan fingerprint density at radius 3 is 2.81 bits per heavy atom. The van der Waals surface area contributed by atoms with Crippen LogP contribution in [0.5, 0.6) is 0 Å². The van der Waals surface area contributed by atoms with E-state index in [4.69, 9.17) is 9.57 Å². The molecule has 2 aromatic carbocycles. The van der Waals surface area contributed by atoms with Gasteiger partial charge in [-0.3, -0.25) is 0 Å². The molecular formula is C17H18BrNO2.